The molecule has 0 radical (unpaired) electrons. The molecule has 0 spiro atoms. The molecule has 1 fully saturated rings. The Labute approximate surface area is 157 Å². The third-order valence-electron chi connectivity index (χ3n) is 4.36. The lowest BCUT2D eigenvalue weighted by molar-refractivity contribution is -0.0501. The van der Waals surface area contributed by atoms with Crippen molar-refractivity contribution >= 4 is 33.3 Å². The van der Waals surface area contributed by atoms with E-state index in [-0.39, 0.29) is 17.8 Å². The number of alkyl halides is 3. The van der Waals surface area contributed by atoms with Crippen molar-refractivity contribution in [1.29, 1.82) is 0 Å². The zero-order valence-electron chi connectivity index (χ0n) is 14.3. The van der Waals surface area contributed by atoms with Gasteiger partial charge in [-0.25, -0.2) is 4.98 Å². The number of nitrogens with zero attached hydrogens (tertiary/aromatic N) is 4. The second kappa shape index (κ2) is 6.06. The molecule has 2 aromatic rings. The molecule has 1 aliphatic heterocycles. The Kier molecular flexibility index (Phi) is 4.00. The molecule has 0 aromatic carbocycles. The third kappa shape index (κ3) is 2.93. The molecule has 0 N–H and O–H groups in total. The van der Waals surface area contributed by atoms with Crippen LogP contribution in [0.4, 0.5) is 30.5 Å². The van der Waals surface area contributed by atoms with Gasteiger partial charge in [-0.15, -0.1) is 0 Å². The van der Waals surface area contributed by atoms with E-state index in [4.69, 9.17) is 0 Å². The van der Waals surface area contributed by atoms with Crippen molar-refractivity contribution in [2.24, 2.45) is 0 Å². The maximum Gasteiger partial charge on any atom is 0.534 e. The predicted octanol–water partition coefficient (Wildman–Crippen LogP) is 2.60. The van der Waals surface area contributed by atoms with Crippen LogP contribution in [0.3, 0.4) is 0 Å². The van der Waals surface area contributed by atoms with E-state index in [9.17, 15) is 26.4 Å². The Morgan fingerprint density at radius 3 is 2.54 bits per heavy atom. The van der Waals surface area contributed by atoms with Crippen molar-refractivity contribution in [3.63, 3.8) is 0 Å². The number of hydrogen-bond donors (Lipinski definition) is 0. The standard InChI is InChI=1S/C16H13F3N4O4S/c1-22-11-6-7-12(27-28(25,26)16(17,18)19)21-14(11)23(9-4-5-9)13-10(15(22)24)3-2-8-20-13/h2-3,6-9H,4-5H2,1H3. The number of aromatic nitrogens is 2. The van der Waals surface area contributed by atoms with Crippen LogP contribution in [-0.2, 0) is 10.1 Å². The van der Waals surface area contributed by atoms with E-state index >= 15 is 0 Å². The van der Waals surface area contributed by atoms with Crippen LogP contribution in [0.25, 0.3) is 0 Å². The monoisotopic (exact) mass is 414 g/mol. The van der Waals surface area contributed by atoms with Crippen molar-refractivity contribution in [2.75, 3.05) is 16.8 Å². The maximum atomic E-state index is 12.8. The summed E-state index contributed by atoms with van der Waals surface area (Å²) in [5.41, 5.74) is -4.98. The Balaban J connectivity index is 1.86. The first-order chi connectivity index (χ1) is 13.1. The molecule has 0 atom stereocenters. The van der Waals surface area contributed by atoms with E-state index in [2.05, 4.69) is 14.2 Å². The van der Waals surface area contributed by atoms with E-state index < -0.39 is 21.5 Å². The summed E-state index contributed by atoms with van der Waals surface area (Å²) in [5.74, 6) is -0.706. The zero-order chi connectivity index (χ0) is 20.3. The second-order valence-corrected chi connectivity index (χ2v) is 7.85. The Bertz CT molecular complexity index is 1070. The van der Waals surface area contributed by atoms with Gasteiger partial charge in [0.25, 0.3) is 5.91 Å². The van der Waals surface area contributed by atoms with Gasteiger partial charge >= 0.3 is 15.6 Å². The largest absolute Gasteiger partial charge is 0.534 e. The van der Waals surface area contributed by atoms with E-state index in [0.717, 1.165) is 18.9 Å². The first kappa shape index (κ1) is 18.5. The highest BCUT2D eigenvalue weighted by Crippen LogP contribution is 2.45. The summed E-state index contributed by atoms with van der Waals surface area (Å²) < 4.78 is 64.7. The molecule has 0 bridgehead atoms. The molecule has 2 aliphatic rings. The first-order valence-electron chi connectivity index (χ1n) is 8.14. The Morgan fingerprint density at radius 1 is 1.18 bits per heavy atom. The summed E-state index contributed by atoms with van der Waals surface area (Å²) in [6.45, 7) is 0. The number of fused-ring (bicyclic) bond motifs is 2. The molecule has 0 unspecified atom stereocenters. The molecular weight excluding hydrogens is 401 g/mol. The van der Waals surface area contributed by atoms with Crippen molar-refractivity contribution in [3.8, 4) is 5.88 Å². The molecule has 0 saturated heterocycles. The minimum Gasteiger partial charge on any atom is -0.355 e. The predicted molar refractivity (Wildman–Crippen MR) is 92.0 cm³/mol. The highest BCUT2D eigenvalue weighted by atomic mass is 32.2. The van der Waals surface area contributed by atoms with Gasteiger partial charge in [-0.05, 0) is 31.0 Å². The summed E-state index contributed by atoms with van der Waals surface area (Å²) in [5, 5.41) is 0. The number of anilines is 3. The van der Waals surface area contributed by atoms with Crippen LogP contribution in [-0.4, -0.2) is 42.9 Å². The third-order valence-corrected chi connectivity index (χ3v) is 5.32. The smallest absolute Gasteiger partial charge is 0.355 e. The number of amides is 1. The summed E-state index contributed by atoms with van der Waals surface area (Å²) in [6, 6.07) is 5.40. The molecule has 2 aromatic heterocycles. The van der Waals surface area contributed by atoms with Gasteiger partial charge in [0.15, 0.2) is 5.82 Å². The second-order valence-electron chi connectivity index (χ2n) is 6.32. The molecule has 12 heteroatoms. The molecule has 3 heterocycles. The van der Waals surface area contributed by atoms with Gasteiger partial charge in [-0.1, -0.05) is 0 Å². The lowest BCUT2D eigenvalue weighted by Gasteiger charge is -2.24. The van der Waals surface area contributed by atoms with Crippen LogP contribution in [0.2, 0.25) is 0 Å². The van der Waals surface area contributed by atoms with Gasteiger partial charge in [0.1, 0.15) is 5.82 Å². The average Bonchev–Trinajstić information content (AvgIpc) is 3.45. The van der Waals surface area contributed by atoms with Gasteiger partial charge in [-0.2, -0.15) is 26.6 Å². The summed E-state index contributed by atoms with van der Waals surface area (Å²) in [6.07, 6.45) is 3.02. The summed E-state index contributed by atoms with van der Waals surface area (Å²) in [7, 11) is -4.38. The molecule has 1 aliphatic carbocycles. The number of pyridine rings is 2. The Morgan fingerprint density at radius 2 is 1.89 bits per heavy atom. The minimum absolute atomic E-state index is 0.0614. The van der Waals surface area contributed by atoms with Gasteiger partial charge < -0.3 is 14.0 Å². The lowest BCUT2D eigenvalue weighted by Crippen LogP contribution is -2.29. The SMILES string of the molecule is CN1C(=O)c2cccnc2N(C2CC2)c2nc(OS(=O)(=O)C(F)(F)F)ccc21. The fourth-order valence-corrected chi connectivity index (χ4v) is 3.31. The number of hydrogen-bond acceptors (Lipinski definition) is 7. The van der Waals surface area contributed by atoms with E-state index in [1.54, 1.807) is 17.0 Å². The number of carbonyl (C=O) groups is 1. The van der Waals surface area contributed by atoms with Crippen molar-refractivity contribution in [2.45, 2.75) is 24.4 Å². The fourth-order valence-electron chi connectivity index (χ4n) is 2.89. The quantitative estimate of drug-likeness (QED) is 0.563. The maximum absolute atomic E-state index is 12.8. The molecule has 148 valence electrons. The summed E-state index contributed by atoms with van der Waals surface area (Å²) in [4.78, 5) is 23.9. The van der Waals surface area contributed by atoms with Crippen LogP contribution in [0.1, 0.15) is 23.2 Å². The lowest BCUT2D eigenvalue weighted by atomic mass is 10.2. The fraction of sp³-hybridized carbons (Fsp3) is 0.312. The van der Waals surface area contributed by atoms with Gasteiger partial charge in [0, 0.05) is 25.4 Å². The molecule has 4 rings (SSSR count). The van der Waals surface area contributed by atoms with E-state index in [1.165, 1.54) is 24.2 Å². The normalized spacial score (nSPS) is 17.1. The zero-order valence-corrected chi connectivity index (χ0v) is 15.2. The minimum atomic E-state index is -5.87. The summed E-state index contributed by atoms with van der Waals surface area (Å²) >= 11 is 0. The molecule has 8 nitrogen and oxygen atoms in total. The van der Waals surface area contributed by atoms with Crippen LogP contribution in [0, 0.1) is 0 Å². The van der Waals surface area contributed by atoms with Gasteiger partial charge in [0.05, 0.1) is 11.3 Å². The molecular formula is C16H13F3N4O4S. The van der Waals surface area contributed by atoms with Crippen LogP contribution in [0.15, 0.2) is 30.5 Å². The number of carbonyl (C=O) groups excluding carboxylic acids is 1. The van der Waals surface area contributed by atoms with Gasteiger partial charge in [0.2, 0.25) is 5.88 Å². The number of rotatable bonds is 3. The molecule has 1 saturated carbocycles. The van der Waals surface area contributed by atoms with Crippen LogP contribution in [0.5, 0.6) is 5.88 Å². The molecule has 28 heavy (non-hydrogen) atoms. The van der Waals surface area contributed by atoms with Crippen molar-refractivity contribution in [1.82, 2.24) is 9.97 Å². The average molecular weight is 414 g/mol. The van der Waals surface area contributed by atoms with Crippen molar-refractivity contribution in [3.05, 3.63) is 36.0 Å². The van der Waals surface area contributed by atoms with Gasteiger partial charge in [-0.3, -0.25) is 4.79 Å². The number of halogens is 3. The van der Waals surface area contributed by atoms with E-state index in [0.29, 0.717) is 17.1 Å². The molecule has 1 amide bonds. The highest BCUT2D eigenvalue weighted by molar-refractivity contribution is 7.87. The first-order valence-corrected chi connectivity index (χ1v) is 9.55. The van der Waals surface area contributed by atoms with Crippen molar-refractivity contribution < 1.29 is 30.6 Å². The topological polar surface area (TPSA) is 92.7 Å². The van der Waals surface area contributed by atoms with E-state index in [1.807, 2.05) is 0 Å². The Hall–Kier alpha value is -2.89. The highest BCUT2D eigenvalue weighted by Gasteiger charge is 2.49. The van der Waals surface area contributed by atoms with Crippen LogP contribution >= 0.6 is 0 Å². The van der Waals surface area contributed by atoms with Crippen LogP contribution < -0.4 is 14.0 Å².